The minimum Gasteiger partial charge on any atom is -0.497 e. The minimum atomic E-state index is -1.64. The number of rotatable bonds is 6. The van der Waals surface area contributed by atoms with E-state index in [-0.39, 0.29) is 24.8 Å². The summed E-state index contributed by atoms with van der Waals surface area (Å²) in [6, 6.07) is 9.62. The highest BCUT2D eigenvalue weighted by atomic mass is 16.5. The number of methoxy groups -OCH3 is 1. The molecule has 3 aromatic rings. The number of amides is 4. The summed E-state index contributed by atoms with van der Waals surface area (Å²) in [6.07, 6.45) is 0. The number of nitrogens with one attached hydrogen (secondary N) is 3. The fourth-order valence-corrected chi connectivity index (χ4v) is 5.45. The molecule has 2 saturated heterocycles. The normalized spacial score (nSPS) is 21.3. The highest BCUT2D eigenvalue weighted by molar-refractivity contribution is 6.08. The molecule has 12 heteroatoms. The molecule has 1 atom stereocenters. The Kier molecular flexibility index (Phi) is 5.98. The van der Waals surface area contributed by atoms with Gasteiger partial charge in [0.25, 0.3) is 11.8 Å². The van der Waals surface area contributed by atoms with Gasteiger partial charge in [-0.25, -0.2) is 9.78 Å². The minimum absolute atomic E-state index is 0.134. The predicted molar refractivity (Wildman–Crippen MR) is 141 cm³/mol. The van der Waals surface area contributed by atoms with Gasteiger partial charge in [-0.15, -0.1) is 0 Å². The number of hydrogen-bond acceptors (Lipinski definition) is 8. The van der Waals surface area contributed by atoms with Crippen molar-refractivity contribution in [2.75, 3.05) is 46.4 Å². The number of fused-ring (bicyclic) bond motifs is 2. The van der Waals surface area contributed by atoms with E-state index < -0.39 is 17.5 Å². The van der Waals surface area contributed by atoms with Crippen LogP contribution in [0.5, 0.6) is 5.75 Å². The van der Waals surface area contributed by atoms with Crippen LogP contribution in [0.15, 0.2) is 40.8 Å². The maximum Gasteiger partial charge on any atom is 0.322 e. The Morgan fingerprint density at radius 2 is 1.92 bits per heavy atom. The number of carbonyl (C=O) groups is 3. The van der Waals surface area contributed by atoms with Gasteiger partial charge in [0.2, 0.25) is 0 Å². The molecule has 0 spiro atoms. The molecule has 3 aliphatic heterocycles. The third kappa shape index (κ3) is 4.16. The van der Waals surface area contributed by atoms with Crippen LogP contribution in [0.4, 0.5) is 4.79 Å². The molecule has 6 rings (SSSR count). The number of benzene rings is 1. The number of nitrogens with zero attached hydrogens (tertiary/aromatic N) is 4. The molecule has 1 unspecified atom stereocenters. The van der Waals surface area contributed by atoms with Crippen LogP contribution in [0.1, 0.15) is 34.3 Å². The van der Waals surface area contributed by atoms with Gasteiger partial charge < -0.3 is 29.2 Å². The number of urea groups is 1. The summed E-state index contributed by atoms with van der Waals surface area (Å²) in [6.45, 7) is 6.52. The number of likely N-dealkylation sites (N-methyl/N-ethyl adjacent to an activating group) is 1. The van der Waals surface area contributed by atoms with E-state index in [9.17, 15) is 14.4 Å². The van der Waals surface area contributed by atoms with Crippen molar-refractivity contribution in [3.8, 4) is 5.75 Å². The average molecular weight is 532 g/mol. The van der Waals surface area contributed by atoms with E-state index in [0.717, 1.165) is 38.3 Å². The molecule has 0 saturated carbocycles. The van der Waals surface area contributed by atoms with E-state index in [4.69, 9.17) is 14.6 Å². The molecule has 39 heavy (non-hydrogen) atoms. The monoisotopic (exact) mass is 531 g/mol. The molecule has 0 radical (unpaired) electrons. The van der Waals surface area contributed by atoms with Gasteiger partial charge in [-0.05, 0) is 36.4 Å². The number of carbonyl (C=O) groups excluding carboxylic acids is 3. The van der Waals surface area contributed by atoms with E-state index in [0.29, 0.717) is 33.9 Å². The molecule has 202 valence electrons. The van der Waals surface area contributed by atoms with Crippen molar-refractivity contribution in [2.45, 2.75) is 19.0 Å². The second-order valence-electron chi connectivity index (χ2n) is 9.96. The maximum absolute atomic E-state index is 13.2. The molecular weight excluding hydrogens is 502 g/mol. The van der Waals surface area contributed by atoms with Crippen molar-refractivity contribution >= 4 is 34.8 Å². The Labute approximate surface area is 224 Å². The maximum atomic E-state index is 13.2. The van der Waals surface area contributed by atoms with Crippen LogP contribution in [0, 0.1) is 5.41 Å². The van der Waals surface area contributed by atoms with E-state index in [1.165, 1.54) is 12.0 Å². The number of imide groups is 1. The summed E-state index contributed by atoms with van der Waals surface area (Å²) >= 11 is 0. The Bertz CT molecular complexity index is 1510. The van der Waals surface area contributed by atoms with Crippen LogP contribution in [0.2, 0.25) is 0 Å². The van der Waals surface area contributed by atoms with Crippen molar-refractivity contribution in [3.63, 3.8) is 0 Å². The molecule has 2 aromatic heterocycles. The lowest BCUT2D eigenvalue weighted by Crippen LogP contribution is -2.52. The average Bonchev–Trinajstić information content (AvgIpc) is 3.61. The standard InChI is InChI=1S/C27H29N7O5/c1-3-32-8-10-33(11-9-32)23(28)19-6-7-21-20(29-19)13-22(39-21)27(25(36)30-26(37)31-27)15-34-14-16-4-5-17(38-2)12-18(16)24(34)35/h4-7,12-13,28H,3,8-11,14-15H2,1-2H3,(H2,30,31,36,37). The first-order valence-corrected chi connectivity index (χ1v) is 12.9. The fraction of sp³-hybridized carbons (Fsp3) is 0.370. The van der Waals surface area contributed by atoms with Gasteiger partial charge in [0, 0.05) is 44.4 Å². The summed E-state index contributed by atoms with van der Waals surface area (Å²) in [4.78, 5) is 49.3. The van der Waals surface area contributed by atoms with Crippen LogP contribution in [-0.4, -0.2) is 89.7 Å². The van der Waals surface area contributed by atoms with Gasteiger partial charge in [0.15, 0.2) is 11.1 Å². The zero-order valence-electron chi connectivity index (χ0n) is 21.7. The zero-order valence-corrected chi connectivity index (χ0v) is 21.7. The third-order valence-corrected chi connectivity index (χ3v) is 7.74. The van der Waals surface area contributed by atoms with E-state index >= 15 is 0 Å². The lowest BCUT2D eigenvalue weighted by molar-refractivity contribution is -0.125. The van der Waals surface area contributed by atoms with Gasteiger partial charge in [0.05, 0.1) is 13.7 Å². The van der Waals surface area contributed by atoms with Crippen LogP contribution >= 0.6 is 0 Å². The number of pyridine rings is 1. The number of aromatic nitrogens is 1. The highest BCUT2D eigenvalue weighted by Gasteiger charge is 2.53. The van der Waals surface area contributed by atoms with Crippen LogP contribution in [0.3, 0.4) is 0 Å². The Morgan fingerprint density at radius 3 is 2.62 bits per heavy atom. The molecule has 0 bridgehead atoms. The van der Waals surface area contributed by atoms with Crippen molar-refractivity contribution < 1.29 is 23.5 Å². The Balaban J connectivity index is 1.30. The first-order chi connectivity index (χ1) is 18.8. The van der Waals surface area contributed by atoms with Gasteiger partial charge in [0.1, 0.15) is 28.6 Å². The topological polar surface area (TPSA) is 144 Å². The number of amidine groups is 1. The fourth-order valence-electron chi connectivity index (χ4n) is 5.45. The Hall–Kier alpha value is -4.45. The van der Waals surface area contributed by atoms with Crippen molar-refractivity contribution in [2.24, 2.45) is 0 Å². The van der Waals surface area contributed by atoms with Crippen molar-refractivity contribution in [1.29, 1.82) is 5.41 Å². The first-order valence-electron chi connectivity index (χ1n) is 12.9. The Morgan fingerprint density at radius 1 is 1.13 bits per heavy atom. The summed E-state index contributed by atoms with van der Waals surface area (Å²) in [5.74, 6) is 0.158. The van der Waals surface area contributed by atoms with Crippen LogP contribution < -0.4 is 15.4 Å². The summed E-state index contributed by atoms with van der Waals surface area (Å²) in [5, 5.41) is 13.7. The quantitative estimate of drug-likeness (QED) is 0.247. The number of ether oxygens (including phenoxy) is 1. The zero-order chi connectivity index (χ0) is 27.3. The van der Waals surface area contributed by atoms with Gasteiger partial charge in [-0.2, -0.15) is 0 Å². The highest BCUT2D eigenvalue weighted by Crippen LogP contribution is 2.34. The lowest BCUT2D eigenvalue weighted by Gasteiger charge is -2.35. The molecule has 3 aliphatic rings. The second kappa shape index (κ2) is 9.38. The van der Waals surface area contributed by atoms with E-state index in [1.54, 1.807) is 30.3 Å². The number of hydrogen-bond donors (Lipinski definition) is 3. The molecule has 2 fully saturated rings. The third-order valence-electron chi connectivity index (χ3n) is 7.74. The van der Waals surface area contributed by atoms with E-state index in [2.05, 4.69) is 27.4 Å². The second-order valence-corrected chi connectivity index (χ2v) is 9.96. The van der Waals surface area contributed by atoms with Crippen molar-refractivity contribution in [1.82, 2.24) is 30.3 Å². The molecule has 5 heterocycles. The lowest BCUT2D eigenvalue weighted by atomic mass is 9.95. The summed E-state index contributed by atoms with van der Waals surface area (Å²) in [7, 11) is 1.53. The van der Waals surface area contributed by atoms with Gasteiger partial charge >= 0.3 is 6.03 Å². The SMILES string of the molecule is CCN1CCN(C(=N)c2ccc3oc(C4(CN5Cc6ccc(OC)cc6C5=O)NC(=O)NC4=O)cc3n2)CC1. The van der Waals surface area contributed by atoms with Crippen LogP contribution in [0.25, 0.3) is 11.1 Å². The van der Waals surface area contributed by atoms with Gasteiger partial charge in [-0.1, -0.05) is 13.0 Å². The van der Waals surface area contributed by atoms with Crippen molar-refractivity contribution in [3.05, 3.63) is 59.0 Å². The molecular formula is C27H29N7O5. The van der Waals surface area contributed by atoms with Gasteiger partial charge in [-0.3, -0.25) is 20.3 Å². The first kappa shape index (κ1) is 24.9. The van der Waals surface area contributed by atoms with Crippen LogP contribution in [-0.2, 0) is 16.9 Å². The smallest absolute Gasteiger partial charge is 0.322 e. The molecule has 0 aliphatic carbocycles. The molecule has 1 aromatic carbocycles. The number of piperazine rings is 1. The largest absolute Gasteiger partial charge is 0.497 e. The van der Waals surface area contributed by atoms with E-state index in [1.807, 2.05) is 11.0 Å². The number of furan rings is 1. The summed E-state index contributed by atoms with van der Waals surface area (Å²) < 4.78 is 11.3. The molecule has 4 amide bonds. The molecule has 12 nitrogen and oxygen atoms in total. The summed E-state index contributed by atoms with van der Waals surface area (Å²) in [5.41, 5.74) is 1.01. The predicted octanol–water partition coefficient (Wildman–Crippen LogP) is 1.49. The molecule has 3 N–H and O–H groups in total.